The van der Waals surface area contributed by atoms with Crippen molar-refractivity contribution in [2.75, 3.05) is 14.1 Å². The van der Waals surface area contributed by atoms with Gasteiger partial charge in [-0.3, -0.25) is 9.36 Å². The van der Waals surface area contributed by atoms with Crippen molar-refractivity contribution in [2.45, 2.75) is 44.3 Å². The zero-order valence-corrected chi connectivity index (χ0v) is 21.8. The van der Waals surface area contributed by atoms with Crippen LogP contribution in [0.2, 0.25) is 0 Å². The van der Waals surface area contributed by atoms with Gasteiger partial charge in [0.15, 0.2) is 5.65 Å². The molecule has 0 spiro atoms. The van der Waals surface area contributed by atoms with Crippen LogP contribution in [0.5, 0.6) is 0 Å². The minimum absolute atomic E-state index is 0.0128. The number of aromatic nitrogens is 3. The molecule has 2 N–H and O–H groups in total. The number of nitrogens with zero attached hydrogens (tertiary/aromatic N) is 4. The van der Waals surface area contributed by atoms with Gasteiger partial charge in [-0.25, -0.2) is 23.5 Å². The molecule has 39 heavy (non-hydrogen) atoms. The molecule has 2 heterocycles. The van der Waals surface area contributed by atoms with Crippen LogP contribution in [0.15, 0.2) is 70.4 Å². The fraction of sp³-hybridized carbons (Fsp3) is 0.310. The average Bonchev–Trinajstić information content (AvgIpc) is 2.90. The Morgan fingerprint density at radius 2 is 1.82 bits per heavy atom. The first-order valence-electron chi connectivity index (χ1n) is 12.9. The highest BCUT2D eigenvalue weighted by atomic mass is 19.1. The topological polar surface area (TPSA) is 109 Å². The maximum Gasteiger partial charge on any atom is 0.404 e. The zero-order valence-electron chi connectivity index (χ0n) is 21.8. The normalized spacial score (nSPS) is 17.4. The van der Waals surface area contributed by atoms with Gasteiger partial charge in [0.05, 0.1) is 17.3 Å². The van der Waals surface area contributed by atoms with E-state index in [0.717, 1.165) is 35.5 Å². The highest BCUT2D eigenvalue weighted by Crippen LogP contribution is 2.29. The summed E-state index contributed by atoms with van der Waals surface area (Å²) in [5.41, 5.74) is 2.47. The van der Waals surface area contributed by atoms with Crippen LogP contribution in [0.4, 0.5) is 9.18 Å². The third kappa shape index (κ3) is 5.33. The number of fused-ring (bicyclic) bond motifs is 1. The van der Waals surface area contributed by atoms with Gasteiger partial charge in [0, 0.05) is 18.6 Å². The number of pyridine rings is 1. The van der Waals surface area contributed by atoms with E-state index >= 15 is 0 Å². The predicted octanol–water partition coefficient (Wildman–Crippen LogP) is 4.17. The molecule has 1 aliphatic carbocycles. The second-order valence-electron chi connectivity index (χ2n) is 10.2. The molecular formula is C29H30FN5O4. The Balaban J connectivity index is 1.65. The Hall–Kier alpha value is -4.31. The lowest BCUT2D eigenvalue weighted by molar-refractivity contribution is 0.182. The molecule has 0 atom stereocenters. The molecule has 1 aliphatic rings. The fourth-order valence-electron chi connectivity index (χ4n) is 5.48. The van der Waals surface area contributed by atoms with E-state index in [0.29, 0.717) is 31.4 Å². The van der Waals surface area contributed by atoms with Crippen molar-refractivity contribution in [3.63, 3.8) is 0 Å². The van der Waals surface area contributed by atoms with E-state index in [4.69, 9.17) is 5.11 Å². The average molecular weight is 532 g/mol. The first-order chi connectivity index (χ1) is 18.7. The van der Waals surface area contributed by atoms with Crippen LogP contribution in [-0.2, 0) is 6.54 Å². The SMILES string of the molecule is CN(C)Cc1ccccc1-c1cccc(-n2c(=O)n([C@H]3CC[C@@H](NC(=O)O)CC3)c(=O)c3cc(F)cnc32)c1. The standard InChI is InChI=1S/C29H30FN5O4/c1-33(2)17-19-6-3-4-9-24(19)18-7-5-8-23(14-18)34-26-25(15-20(30)16-31-26)27(36)35(29(34)39)22-12-10-21(11-13-22)32-28(37)38/h3-9,14-16,21-22,32H,10-13,17H2,1-2H3,(H,37,38)/t21-,22+. The summed E-state index contributed by atoms with van der Waals surface area (Å²) in [5.74, 6) is -0.669. The highest BCUT2D eigenvalue weighted by Gasteiger charge is 2.28. The molecule has 0 radical (unpaired) electrons. The summed E-state index contributed by atoms with van der Waals surface area (Å²) in [4.78, 5) is 44.8. The molecule has 0 unspecified atom stereocenters. The summed E-state index contributed by atoms with van der Waals surface area (Å²) in [6.45, 7) is 0.731. The van der Waals surface area contributed by atoms with Crippen molar-refractivity contribution >= 4 is 17.1 Å². The highest BCUT2D eigenvalue weighted by molar-refractivity contribution is 5.77. The summed E-state index contributed by atoms with van der Waals surface area (Å²) in [6.07, 6.45) is 1.75. The quantitative estimate of drug-likeness (QED) is 0.387. The van der Waals surface area contributed by atoms with Gasteiger partial charge in [-0.1, -0.05) is 36.4 Å². The van der Waals surface area contributed by atoms with Gasteiger partial charge in [0.2, 0.25) is 0 Å². The number of hydrogen-bond donors (Lipinski definition) is 2. The van der Waals surface area contributed by atoms with Gasteiger partial charge in [0.25, 0.3) is 5.56 Å². The molecule has 1 amide bonds. The molecule has 0 saturated heterocycles. The van der Waals surface area contributed by atoms with Crippen LogP contribution in [0.3, 0.4) is 0 Å². The minimum Gasteiger partial charge on any atom is -0.465 e. The van der Waals surface area contributed by atoms with Crippen molar-refractivity contribution < 1.29 is 14.3 Å². The molecule has 10 heteroatoms. The second kappa shape index (κ2) is 10.8. The third-order valence-corrected chi connectivity index (χ3v) is 7.20. The van der Waals surface area contributed by atoms with Crippen LogP contribution < -0.4 is 16.6 Å². The Morgan fingerprint density at radius 1 is 1.08 bits per heavy atom. The largest absolute Gasteiger partial charge is 0.465 e. The van der Waals surface area contributed by atoms with E-state index in [1.807, 2.05) is 50.5 Å². The first-order valence-corrected chi connectivity index (χ1v) is 12.9. The fourth-order valence-corrected chi connectivity index (χ4v) is 5.48. The van der Waals surface area contributed by atoms with E-state index in [9.17, 15) is 18.8 Å². The molecule has 2 aromatic carbocycles. The second-order valence-corrected chi connectivity index (χ2v) is 10.2. The Bertz CT molecular complexity index is 1650. The summed E-state index contributed by atoms with van der Waals surface area (Å²) in [5, 5.41) is 11.5. The Labute approximate surface area is 224 Å². The molecule has 0 aliphatic heterocycles. The Kier molecular flexibility index (Phi) is 7.30. The number of amides is 1. The molecule has 1 saturated carbocycles. The molecule has 1 fully saturated rings. The van der Waals surface area contributed by atoms with Crippen molar-refractivity contribution in [1.29, 1.82) is 0 Å². The van der Waals surface area contributed by atoms with E-state index in [2.05, 4.69) is 21.3 Å². The molecule has 9 nitrogen and oxygen atoms in total. The lowest BCUT2D eigenvalue weighted by Crippen LogP contribution is -2.45. The summed E-state index contributed by atoms with van der Waals surface area (Å²) in [6, 6.07) is 15.9. The molecule has 202 valence electrons. The van der Waals surface area contributed by atoms with Crippen LogP contribution in [0.1, 0.15) is 37.3 Å². The molecule has 2 aromatic heterocycles. The van der Waals surface area contributed by atoms with E-state index in [-0.39, 0.29) is 17.1 Å². The predicted molar refractivity (Wildman–Crippen MR) is 147 cm³/mol. The van der Waals surface area contributed by atoms with Gasteiger partial charge in [0.1, 0.15) is 5.82 Å². The number of nitrogens with one attached hydrogen (secondary N) is 1. The molecular weight excluding hydrogens is 501 g/mol. The van der Waals surface area contributed by atoms with Crippen molar-refractivity contribution in [3.8, 4) is 16.8 Å². The lowest BCUT2D eigenvalue weighted by Gasteiger charge is -2.29. The van der Waals surface area contributed by atoms with E-state index in [1.165, 1.54) is 9.13 Å². The molecule has 0 bridgehead atoms. The monoisotopic (exact) mass is 531 g/mol. The van der Waals surface area contributed by atoms with Crippen molar-refractivity contribution in [3.05, 3.63) is 93.0 Å². The van der Waals surface area contributed by atoms with Gasteiger partial charge < -0.3 is 15.3 Å². The number of benzene rings is 2. The van der Waals surface area contributed by atoms with Crippen LogP contribution in [-0.4, -0.2) is 50.4 Å². The smallest absolute Gasteiger partial charge is 0.404 e. The summed E-state index contributed by atoms with van der Waals surface area (Å²) < 4.78 is 16.8. The number of hydrogen-bond acceptors (Lipinski definition) is 5. The summed E-state index contributed by atoms with van der Waals surface area (Å²) in [7, 11) is 4.00. The zero-order chi connectivity index (χ0) is 27.7. The molecule has 4 aromatic rings. The summed E-state index contributed by atoms with van der Waals surface area (Å²) >= 11 is 0. The van der Waals surface area contributed by atoms with E-state index in [1.54, 1.807) is 6.07 Å². The van der Waals surface area contributed by atoms with Crippen LogP contribution >= 0.6 is 0 Å². The maximum absolute atomic E-state index is 14.3. The lowest BCUT2D eigenvalue weighted by atomic mass is 9.91. The minimum atomic E-state index is -1.10. The van der Waals surface area contributed by atoms with Crippen molar-refractivity contribution in [1.82, 2.24) is 24.3 Å². The number of rotatable bonds is 6. The van der Waals surface area contributed by atoms with Crippen LogP contribution in [0.25, 0.3) is 27.8 Å². The van der Waals surface area contributed by atoms with Gasteiger partial charge >= 0.3 is 11.8 Å². The number of carbonyl (C=O) groups is 1. The maximum atomic E-state index is 14.3. The third-order valence-electron chi connectivity index (χ3n) is 7.20. The van der Waals surface area contributed by atoms with Crippen LogP contribution in [0, 0.1) is 5.82 Å². The number of halogens is 1. The Morgan fingerprint density at radius 3 is 2.54 bits per heavy atom. The van der Waals surface area contributed by atoms with Gasteiger partial charge in [-0.15, -0.1) is 0 Å². The molecule has 5 rings (SSSR count). The first kappa shape index (κ1) is 26.3. The van der Waals surface area contributed by atoms with Gasteiger partial charge in [-0.05, 0) is 74.7 Å². The number of carboxylic acid groups (broad SMARTS) is 1. The van der Waals surface area contributed by atoms with E-state index < -0.39 is 29.2 Å². The van der Waals surface area contributed by atoms with Gasteiger partial charge in [-0.2, -0.15) is 0 Å². The van der Waals surface area contributed by atoms with Crippen molar-refractivity contribution in [2.24, 2.45) is 0 Å².